The van der Waals surface area contributed by atoms with Gasteiger partial charge in [-0.25, -0.2) is 0 Å². The van der Waals surface area contributed by atoms with Crippen molar-refractivity contribution in [2.45, 2.75) is 38.6 Å². The molecule has 1 amide bonds. The van der Waals surface area contributed by atoms with Crippen LogP contribution in [-0.2, 0) is 17.6 Å². The maximum atomic E-state index is 13.0. The first-order valence-electron chi connectivity index (χ1n) is 8.93. The van der Waals surface area contributed by atoms with E-state index in [2.05, 4.69) is 15.6 Å². The highest BCUT2D eigenvalue weighted by Crippen LogP contribution is 2.33. The second kappa shape index (κ2) is 7.11. The molecule has 2 heterocycles. The fourth-order valence-corrected chi connectivity index (χ4v) is 4.63. The molecule has 2 aromatic heterocycles. The largest absolute Gasteiger partial charge is 0.495 e. The molecule has 0 bridgehead atoms. The predicted octanol–water partition coefficient (Wildman–Crippen LogP) is 2.94. The normalized spacial score (nSPS) is 14.6. The van der Waals surface area contributed by atoms with Gasteiger partial charge in [0, 0.05) is 4.88 Å². The van der Waals surface area contributed by atoms with Crippen LogP contribution in [0.5, 0.6) is 5.75 Å². The molecule has 1 aliphatic carbocycles. The third-order valence-electron chi connectivity index (χ3n) is 4.92. The van der Waals surface area contributed by atoms with Crippen molar-refractivity contribution < 1.29 is 9.53 Å². The van der Waals surface area contributed by atoms with E-state index in [0.717, 1.165) is 31.2 Å². The van der Waals surface area contributed by atoms with Crippen LogP contribution in [0, 0.1) is 0 Å². The fraction of sp³-hybridized carbons (Fsp3) is 0.368. The Morgan fingerprint density at radius 1 is 1.30 bits per heavy atom. The lowest BCUT2D eigenvalue weighted by molar-refractivity contribution is -0.119. The van der Waals surface area contributed by atoms with Gasteiger partial charge in [0.15, 0.2) is 4.83 Å². The Hall–Kier alpha value is -2.74. The van der Waals surface area contributed by atoms with Crippen molar-refractivity contribution in [1.82, 2.24) is 15.0 Å². The van der Waals surface area contributed by atoms with Crippen molar-refractivity contribution in [3.8, 4) is 5.75 Å². The van der Waals surface area contributed by atoms with Crippen LogP contribution in [0.4, 0.5) is 5.69 Å². The van der Waals surface area contributed by atoms with E-state index in [1.54, 1.807) is 36.5 Å². The molecule has 7 nitrogen and oxygen atoms in total. The van der Waals surface area contributed by atoms with Crippen LogP contribution in [0.2, 0.25) is 0 Å². The van der Waals surface area contributed by atoms with Gasteiger partial charge in [0.25, 0.3) is 5.56 Å². The van der Waals surface area contributed by atoms with Crippen molar-refractivity contribution in [2.24, 2.45) is 0 Å². The average Bonchev–Trinajstić information content (AvgIpc) is 3.07. The lowest BCUT2D eigenvalue weighted by Crippen LogP contribution is -2.34. The summed E-state index contributed by atoms with van der Waals surface area (Å²) in [4.78, 5) is 27.6. The monoisotopic (exact) mass is 384 g/mol. The van der Waals surface area contributed by atoms with E-state index in [-0.39, 0.29) is 11.5 Å². The zero-order chi connectivity index (χ0) is 19.0. The van der Waals surface area contributed by atoms with Crippen molar-refractivity contribution in [2.75, 3.05) is 12.4 Å². The van der Waals surface area contributed by atoms with Crippen LogP contribution in [0.25, 0.3) is 10.2 Å². The molecule has 27 heavy (non-hydrogen) atoms. The van der Waals surface area contributed by atoms with E-state index in [1.807, 2.05) is 6.07 Å². The number of para-hydroxylation sites is 2. The molecule has 0 fully saturated rings. The van der Waals surface area contributed by atoms with Crippen LogP contribution in [0.3, 0.4) is 0 Å². The number of aryl methyl sites for hydroxylation is 2. The lowest BCUT2D eigenvalue weighted by Gasteiger charge is -2.15. The van der Waals surface area contributed by atoms with Crippen LogP contribution in [-0.4, -0.2) is 28.0 Å². The Labute approximate surface area is 160 Å². The summed E-state index contributed by atoms with van der Waals surface area (Å²) >= 11 is 1.55. The predicted molar refractivity (Wildman–Crippen MR) is 105 cm³/mol. The summed E-state index contributed by atoms with van der Waals surface area (Å²) in [5, 5.41) is 11.7. The first kappa shape index (κ1) is 17.7. The number of nitrogens with one attached hydrogen (secondary N) is 1. The second-order valence-corrected chi connectivity index (χ2v) is 7.68. The molecule has 0 saturated carbocycles. The SMILES string of the molecule is COc1ccccc1NC(=O)C(C)n1nnc2sc3c(c2c1=O)CCCC3. The van der Waals surface area contributed by atoms with Crippen molar-refractivity contribution in [3.63, 3.8) is 0 Å². The van der Waals surface area contributed by atoms with Crippen LogP contribution in [0.15, 0.2) is 29.1 Å². The number of ether oxygens (including phenoxy) is 1. The zero-order valence-electron chi connectivity index (χ0n) is 15.2. The van der Waals surface area contributed by atoms with Gasteiger partial charge in [0.05, 0.1) is 18.2 Å². The Balaban J connectivity index is 1.68. The molecular formula is C19H20N4O3S. The number of aromatic nitrogens is 3. The minimum atomic E-state index is -0.793. The third kappa shape index (κ3) is 3.10. The third-order valence-corrected chi connectivity index (χ3v) is 6.09. The molecular weight excluding hydrogens is 364 g/mol. The number of amides is 1. The molecule has 1 aromatic carbocycles. The van der Waals surface area contributed by atoms with Gasteiger partial charge in [0.2, 0.25) is 5.91 Å². The Morgan fingerprint density at radius 3 is 2.89 bits per heavy atom. The minimum absolute atomic E-state index is 0.248. The number of fused-ring (bicyclic) bond motifs is 3. The van der Waals surface area contributed by atoms with Gasteiger partial charge in [-0.3, -0.25) is 9.59 Å². The molecule has 4 rings (SSSR count). The molecule has 1 N–H and O–H groups in total. The summed E-state index contributed by atoms with van der Waals surface area (Å²) in [7, 11) is 1.54. The minimum Gasteiger partial charge on any atom is -0.495 e. The highest BCUT2D eigenvalue weighted by Gasteiger charge is 2.24. The summed E-state index contributed by atoms with van der Waals surface area (Å²) in [6, 6.07) is 6.34. The number of hydrogen-bond acceptors (Lipinski definition) is 6. The van der Waals surface area contributed by atoms with E-state index in [0.29, 0.717) is 21.7 Å². The smallest absolute Gasteiger partial charge is 0.279 e. The zero-order valence-corrected chi connectivity index (χ0v) is 16.0. The number of benzene rings is 1. The molecule has 8 heteroatoms. The van der Waals surface area contributed by atoms with Gasteiger partial charge in [-0.05, 0) is 50.3 Å². The number of methoxy groups -OCH3 is 1. The van der Waals surface area contributed by atoms with E-state index in [9.17, 15) is 9.59 Å². The molecule has 1 atom stereocenters. The first-order chi connectivity index (χ1) is 13.1. The quantitative estimate of drug-likeness (QED) is 0.747. The van der Waals surface area contributed by atoms with E-state index < -0.39 is 6.04 Å². The number of carbonyl (C=O) groups excluding carboxylic acids is 1. The highest BCUT2D eigenvalue weighted by atomic mass is 32.1. The topological polar surface area (TPSA) is 86.1 Å². The number of thiophene rings is 1. The molecule has 3 aromatic rings. The van der Waals surface area contributed by atoms with Gasteiger partial charge < -0.3 is 10.1 Å². The van der Waals surface area contributed by atoms with Crippen molar-refractivity contribution >= 4 is 33.1 Å². The first-order valence-corrected chi connectivity index (χ1v) is 9.75. The standard InChI is InChI=1S/C19H20N4O3S/c1-11(17(24)20-13-8-4-5-9-14(13)26-2)23-19(25)16-12-7-3-6-10-15(12)27-18(16)21-22-23/h4-5,8-9,11H,3,6-7,10H2,1-2H3,(H,20,24). The molecule has 0 saturated heterocycles. The Morgan fingerprint density at radius 2 is 2.07 bits per heavy atom. The van der Waals surface area contributed by atoms with E-state index in [1.165, 1.54) is 16.7 Å². The van der Waals surface area contributed by atoms with Crippen LogP contribution in [0.1, 0.15) is 36.2 Å². The van der Waals surface area contributed by atoms with Gasteiger partial charge in [-0.1, -0.05) is 17.3 Å². The second-order valence-electron chi connectivity index (χ2n) is 6.60. The summed E-state index contributed by atoms with van der Waals surface area (Å²) < 4.78 is 6.43. The molecule has 1 unspecified atom stereocenters. The number of anilines is 1. The molecule has 140 valence electrons. The number of rotatable bonds is 4. The summed E-state index contributed by atoms with van der Waals surface area (Å²) in [6.45, 7) is 1.64. The van der Waals surface area contributed by atoms with Gasteiger partial charge in [-0.15, -0.1) is 16.4 Å². The van der Waals surface area contributed by atoms with E-state index >= 15 is 0 Å². The van der Waals surface area contributed by atoms with Crippen LogP contribution >= 0.6 is 11.3 Å². The number of carbonyl (C=O) groups is 1. The van der Waals surface area contributed by atoms with Gasteiger partial charge >= 0.3 is 0 Å². The molecule has 0 aliphatic heterocycles. The van der Waals surface area contributed by atoms with Crippen molar-refractivity contribution in [3.05, 3.63) is 45.1 Å². The molecule has 1 aliphatic rings. The summed E-state index contributed by atoms with van der Waals surface area (Å²) in [5.74, 6) is 0.207. The summed E-state index contributed by atoms with van der Waals surface area (Å²) in [5.41, 5.74) is 1.39. The lowest BCUT2D eigenvalue weighted by atomic mass is 9.97. The molecule has 0 spiro atoms. The fourth-order valence-electron chi connectivity index (χ4n) is 3.44. The van der Waals surface area contributed by atoms with Gasteiger partial charge in [0.1, 0.15) is 11.8 Å². The maximum Gasteiger partial charge on any atom is 0.279 e. The van der Waals surface area contributed by atoms with E-state index in [4.69, 9.17) is 4.74 Å². The maximum absolute atomic E-state index is 13.0. The average molecular weight is 384 g/mol. The van der Waals surface area contributed by atoms with Crippen LogP contribution < -0.4 is 15.6 Å². The van der Waals surface area contributed by atoms with Gasteiger partial charge in [-0.2, -0.15) is 4.68 Å². The molecule has 0 radical (unpaired) electrons. The Bertz CT molecular complexity index is 1070. The van der Waals surface area contributed by atoms with Crippen molar-refractivity contribution in [1.29, 1.82) is 0 Å². The summed E-state index contributed by atoms with van der Waals surface area (Å²) in [6.07, 6.45) is 4.08. The number of hydrogen-bond donors (Lipinski definition) is 1. The Kier molecular flexibility index (Phi) is 4.65. The number of nitrogens with zero attached hydrogens (tertiary/aromatic N) is 3. The highest BCUT2D eigenvalue weighted by molar-refractivity contribution is 7.18.